The van der Waals surface area contributed by atoms with Crippen LogP contribution in [0.1, 0.15) is 38.2 Å². The van der Waals surface area contributed by atoms with Gasteiger partial charge < -0.3 is 4.90 Å². The SMILES string of the molecule is CC1CCCC(N(C)c2cccc(F)c2CBr)C1. The summed E-state index contributed by atoms with van der Waals surface area (Å²) in [6.45, 7) is 2.32. The summed E-state index contributed by atoms with van der Waals surface area (Å²) in [6, 6.07) is 5.92. The van der Waals surface area contributed by atoms with E-state index in [1.54, 1.807) is 6.07 Å². The van der Waals surface area contributed by atoms with Crippen LogP contribution in [0.25, 0.3) is 0 Å². The number of rotatable bonds is 3. The summed E-state index contributed by atoms with van der Waals surface area (Å²) in [5.74, 6) is 0.673. The summed E-state index contributed by atoms with van der Waals surface area (Å²) in [7, 11) is 2.10. The van der Waals surface area contributed by atoms with Crippen LogP contribution < -0.4 is 4.90 Å². The maximum Gasteiger partial charge on any atom is 0.129 e. The average molecular weight is 314 g/mol. The highest BCUT2D eigenvalue weighted by atomic mass is 79.9. The molecule has 1 aliphatic carbocycles. The van der Waals surface area contributed by atoms with E-state index in [-0.39, 0.29) is 5.82 Å². The minimum absolute atomic E-state index is 0.111. The third-order valence-electron chi connectivity index (χ3n) is 4.06. The van der Waals surface area contributed by atoms with E-state index in [9.17, 15) is 4.39 Å². The molecule has 0 radical (unpaired) electrons. The van der Waals surface area contributed by atoms with Gasteiger partial charge in [0.1, 0.15) is 5.82 Å². The Morgan fingerprint density at radius 2 is 2.17 bits per heavy atom. The molecule has 3 heteroatoms. The number of hydrogen-bond acceptors (Lipinski definition) is 1. The smallest absolute Gasteiger partial charge is 0.129 e. The first kappa shape index (κ1) is 13.9. The number of anilines is 1. The Bertz CT molecular complexity index is 407. The summed E-state index contributed by atoms with van der Waals surface area (Å²) in [6.07, 6.45) is 5.06. The molecule has 0 N–H and O–H groups in total. The first-order valence-electron chi connectivity index (χ1n) is 6.69. The van der Waals surface area contributed by atoms with Gasteiger partial charge in [0.05, 0.1) is 0 Å². The van der Waals surface area contributed by atoms with E-state index < -0.39 is 0 Å². The Kier molecular flexibility index (Phi) is 4.66. The zero-order chi connectivity index (χ0) is 13.1. The maximum atomic E-state index is 13.8. The minimum Gasteiger partial charge on any atom is -0.371 e. The molecule has 0 saturated heterocycles. The van der Waals surface area contributed by atoms with Gasteiger partial charge in [0.2, 0.25) is 0 Å². The number of halogens is 2. The van der Waals surface area contributed by atoms with Gasteiger partial charge in [-0.3, -0.25) is 0 Å². The van der Waals surface area contributed by atoms with Crippen LogP contribution >= 0.6 is 15.9 Å². The maximum absolute atomic E-state index is 13.8. The normalized spacial score (nSPS) is 24.0. The Balaban J connectivity index is 2.22. The summed E-state index contributed by atoms with van der Waals surface area (Å²) in [5, 5.41) is 0.571. The zero-order valence-corrected chi connectivity index (χ0v) is 12.7. The van der Waals surface area contributed by atoms with Crippen molar-refractivity contribution in [3.8, 4) is 0 Å². The Hall–Kier alpha value is -0.570. The molecule has 1 aromatic carbocycles. The van der Waals surface area contributed by atoms with Gasteiger partial charge in [-0.2, -0.15) is 0 Å². The van der Waals surface area contributed by atoms with E-state index in [2.05, 4.69) is 34.8 Å². The summed E-state index contributed by atoms with van der Waals surface area (Å²) >= 11 is 3.40. The second-order valence-corrected chi connectivity index (χ2v) is 5.97. The average Bonchev–Trinajstić information content (AvgIpc) is 2.37. The first-order chi connectivity index (χ1) is 8.63. The highest BCUT2D eigenvalue weighted by Crippen LogP contribution is 2.32. The molecule has 2 atom stereocenters. The molecule has 18 heavy (non-hydrogen) atoms. The summed E-state index contributed by atoms with van der Waals surface area (Å²) in [5.41, 5.74) is 1.81. The van der Waals surface area contributed by atoms with Crippen molar-refractivity contribution in [3.05, 3.63) is 29.6 Å². The molecule has 0 amide bonds. The summed E-state index contributed by atoms with van der Waals surface area (Å²) in [4.78, 5) is 2.27. The number of hydrogen-bond donors (Lipinski definition) is 0. The molecule has 1 nitrogen and oxygen atoms in total. The van der Waals surface area contributed by atoms with Crippen LogP contribution in [0.5, 0.6) is 0 Å². The van der Waals surface area contributed by atoms with E-state index in [1.165, 1.54) is 31.7 Å². The molecule has 2 rings (SSSR count). The summed E-state index contributed by atoms with van der Waals surface area (Å²) < 4.78 is 13.8. The lowest BCUT2D eigenvalue weighted by atomic mass is 9.86. The van der Waals surface area contributed by atoms with Crippen LogP contribution in [0.2, 0.25) is 0 Å². The minimum atomic E-state index is -0.111. The molecular formula is C15H21BrFN. The molecule has 0 bridgehead atoms. The van der Waals surface area contributed by atoms with Crippen LogP contribution in [0.4, 0.5) is 10.1 Å². The van der Waals surface area contributed by atoms with Crippen molar-refractivity contribution in [1.82, 2.24) is 0 Å². The number of benzene rings is 1. The molecule has 0 aliphatic heterocycles. The van der Waals surface area contributed by atoms with Crippen LogP contribution in [-0.2, 0) is 5.33 Å². The van der Waals surface area contributed by atoms with E-state index in [0.717, 1.165) is 17.2 Å². The topological polar surface area (TPSA) is 3.24 Å². The number of alkyl halides is 1. The molecule has 100 valence electrons. The van der Waals surface area contributed by atoms with Crippen LogP contribution in [0, 0.1) is 11.7 Å². The predicted octanol–water partition coefficient (Wildman–Crippen LogP) is 4.74. The zero-order valence-electron chi connectivity index (χ0n) is 11.1. The van der Waals surface area contributed by atoms with Crippen molar-refractivity contribution in [2.24, 2.45) is 5.92 Å². The van der Waals surface area contributed by atoms with Gasteiger partial charge in [-0.1, -0.05) is 41.8 Å². The van der Waals surface area contributed by atoms with Crippen LogP contribution in [0.3, 0.4) is 0 Å². The molecule has 0 aromatic heterocycles. The quantitative estimate of drug-likeness (QED) is 0.729. The highest BCUT2D eigenvalue weighted by molar-refractivity contribution is 9.08. The van der Waals surface area contributed by atoms with Gasteiger partial charge in [-0.05, 0) is 30.9 Å². The van der Waals surface area contributed by atoms with E-state index in [1.807, 2.05) is 6.07 Å². The molecule has 1 aliphatic rings. The van der Waals surface area contributed by atoms with Gasteiger partial charge in [-0.15, -0.1) is 0 Å². The largest absolute Gasteiger partial charge is 0.371 e. The molecule has 0 heterocycles. The monoisotopic (exact) mass is 313 g/mol. The van der Waals surface area contributed by atoms with Crippen molar-refractivity contribution in [1.29, 1.82) is 0 Å². The molecule has 1 fully saturated rings. The van der Waals surface area contributed by atoms with Gasteiger partial charge >= 0.3 is 0 Å². The van der Waals surface area contributed by atoms with Crippen LogP contribution in [0.15, 0.2) is 18.2 Å². The lowest BCUT2D eigenvalue weighted by Crippen LogP contribution is -2.36. The number of nitrogens with zero attached hydrogens (tertiary/aromatic N) is 1. The third-order valence-corrected chi connectivity index (χ3v) is 4.62. The predicted molar refractivity (Wildman–Crippen MR) is 78.9 cm³/mol. The lowest BCUT2D eigenvalue weighted by molar-refractivity contribution is 0.336. The lowest BCUT2D eigenvalue weighted by Gasteiger charge is -2.36. The van der Waals surface area contributed by atoms with Gasteiger partial charge in [0, 0.05) is 29.7 Å². The van der Waals surface area contributed by atoms with E-state index in [4.69, 9.17) is 0 Å². The standard InChI is InChI=1S/C15H21BrFN/c1-11-5-3-6-12(9-11)18(2)15-8-4-7-14(17)13(15)10-16/h4,7-8,11-12H,3,5-6,9-10H2,1-2H3. The first-order valence-corrected chi connectivity index (χ1v) is 7.81. The van der Waals surface area contributed by atoms with Crippen molar-refractivity contribution < 1.29 is 4.39 Å². The Morgan fingerprint density at radius 1 is 1.39 bits per heavy atom. The van der Waals surface area contributed by atoms with Crippen molar-refractivity contribution in [2.75, 3.05) is 11.9 Å². The third kappa shape index (κ3) is 2.87. The van der Waals surface area contributed by atoms with Gasteiger partial charge in [0.25, 0.3) is 0 Å². The van der Waals surface area contributed by atoms with E-state index >= 15 is 0 Å². The highest BCUT2D eigenvalue weighted by Gasteiger charge is 2.24. The van der Waals surface area contributed by atoms with Crippen molar-refractivity contribution in [3.63, 3.8) is 0 Å². The van der Waals surface area contributed by atoms with Gasteiger partial charge in [-0.25, -0.2) is 4.39 Å². The van der Waals surface area contributed by atoms with Gasteiger partial charge in [0.15, 0.2) is 0 Å². The van der Waals surface area contributed by atoms with E-state index in [0.29, 0.717) is 11.4 Å². The van der Waals surface area contributed by atoms with Crippen molar-refractivity contribution >= 4 is 21.6 Å². The molecular weight excluding hydrogens is 293 g/mol. The fourth-order valence-electron chi connectivity index (χ4n) is 2.96. The second-order valence-electron chi connectivity index (χ2n) is 5.41. The molecule has 1 saturated carbocycles. The molecule has 1 aromatic rings. The second kappa shape index (κ2) is 6.05. The van der Waals surface area contributed by atoms with Crippen molar-refractivity contribution in [2.45, 2.75) is 44.0 Å². The van der Waals surface area contributed by atoms with Crippen LogP contribution in [-0.4, -0.2) is 13.1 Å². The Labute approximate surface area is 118 Å². The fourth-order valence-corrected chi connectivity index (χ4v) is 3.52. The Morgan fingerprint density at radius 3 is 2.83 bits per heavy atom. The molecule has 0 spiro atoms. The fraction of sp³-hybridized carbons (Fsp3) is 0.600. The molecule has 2 unspecified atom stereocenters.